The van der Waals surface area contributed by atoms with Crippen molar-refractivity contribution in [3.8, 4) is 0 Å². The maximum Gasteiger partial charge on any atom is 0.242 e. The topological polar surface area (TPSA) is 50.6 Å². The lowest BCUT2D eigenvalue weighted by molar-refractivity contribution is -0.131. The van der Waals surface area contributed by atoms with Gasteiger partial charge in [0, 0.05) is 26.2 Å². The Balaban J connectivity index is 1.57. The van der Waals surface area contributed by atoms with Gasteiger partial charge < -0.3 is 14.2 Å². The molecule has 6 heteroatoms. The number of para-hydroxylation sites is 2. The fourth-order valence-corrected chi connectivity index (χ4v) is 3.94. The van der Waals surface area contributed by atoms with Crippen LogP contribution in [0.4, 0.5) is 0 Å². The Labute approximate surface area is 154 Å². The standard InChI is InChI=1S/C20H28N4O2/c25-20(23-9-5-1-2-6-10-23)16-24-18-8-4-3-7-17(18)21-19(24)15-22-11-13-26-14-12-22/h3-4,7-8H,1-2,5-6,9-16H2. The minimum absolute atomic E-state index is 0.221. The number of imidazole rings is 1. The summed E-state index contributed by atoms with van der Waals surface area (Å²) in [6.45, 7) is 6.33. The van der Waals surface area contributed by atoms with Crippen LogP contribution in [-0.4, -0.2) is 64.7 Å². The van der Waals surface area contributed by atoms with Crippen molar-refractivity contribution < 1.29 is 9.53 Å². The minimum Gasteiger partial charge on any atom is -0.379 e. The van der Waals surface area contributed by atoms with Crippen LogP contribution in [0.15, 0.2) is 24.3 Å². The number of aromatic nitrogens is 2. The third-order valence-electron chi connectivity index (χ3n) is 5.45. The molecule has 2 aliphatic rings. The summed E-state index contributed by atoms with van der Waals surface area (Å²) >= 11 is 0. The van der Waals surface area contributed by atoms with Gasteiger partial charge in [-0.3, -0.25) is 9.69 Å². The smallest absolute Gasteiger partial charge is 0.242 e. The van der Waals surface area contributed by atoms with E-state index in [0.29, 0.717) is 6.54 Å². The third kappa shape index (κ3) is 3.91. The predicted octanol–water partition coefficient (Wildman–Crippen LogP) is 2.27. The quantitative estimate of drug-likeness (QED) is 0.843. The van der Waals surface area contributed by atoms with Crippen LogP contribution in [0.5, 0.6) is 0 Å². The van der Waals surface area contributed by atoms with Gasteiger partial charge in [-0.1, -0.05) is 25.0 Å². The summed E-state index contributed by atoms with van der Waals surface area (Å²) in [4.78, 5) is 22.2. The van der Waals surface area contributed by atoms with E-state index >= 15 is 0 Å². The molecule has 0 aliphatic carbocycles. The highest BCUT2D eigenvalue weighted by Gasteiger charge is 2.21. The number of ether oxygens (including phenoxy) is 1. The number of hydrogen-bond donors (Lipinski definition) is 0. The Kier molecular flexibility index (Phi) is 5.51. The molecule has 0 atom stereocenters. The summed E-state index contributed by atoms with van der Waals surface area (Å²) in [6.07, 6.45) is 4.72. The molecule has 2 fully saturated rings. The van der Waals surface area contributed by atoms with E-state index in [1.165, 1.54) is 12.8 Å². The fraction of sp³-hybridized carbons (Fsp3) is 0.600. The largest absolute Gasteiger partial charge is 0.379 e. The zero-order valence-corrected chi connectivity index (χ0v) is 15.4. The Morgan fingerprint density at radius 1 is 1.00 bits per heavy atom. The second-order valence-electron chi connectivity index (χ2n) is 7.29. The van der Waals surface area contributed by atoms with Crippen molar-refractivity contribution in [3.05, 3.63) is 30.1 Å². The monoisotopic (exact) mass is 356 g/mol. The molecule has 0 unspecified atom stereocenters. The van der Waals surface area contributed by atoms with Crippen LogP contribution in [0, 0.1) is 0 Å². The molecule has 0 N–H and O–H groups in total. The van der Waals surface area contributed by atoms with Crippen LogP contribution >= 0.6 is 0 Å². The lowest BCUT2D eigenvalue weighted by atomic mass is 10.2. The zero-order valence-electron chi connectivity index (χ0n) is 15.4. The lowest BCUT2D eigenvalue weighted by Crippen LogP contribution is -2.37. The van der Waals surface area contributed by atoms with Crippen LogP contribution in [0.1, 0.15) is 31.5 Å². The van der Waals surface area contributed by atoms with E-state index in [1.807, 2.05) is 23.1 Å². The molecule has 0 saturated carbocycles. The molecule has 3 heterocycles. The Morgan fingerprint density at radius 3 is 2.50 bits per heavy atom. The highest BCUT2D eigenvalue weighted by Crippen LogP contribution is 2.19. The summed E-state index contributed by atoms with van der Waals surface area (Å²) in [5.74, 6) is 1.20. The number of carbonyl (C=O) groups is 1. The van der Waals surface area contributed by atoms with Gasteiger partial charge >= 0.3 is 0 Å². The molecule has 6 nitrogen and oxygen atoms in total. The Bertz CT molecular complexity index is 743. The van der Waals surface area contributed by atoms with Crippen LogP contribution in [-0.2, 0) is 22.6 Å². The number of nitrogens with zero attached hydrogens (tertiary/aromatic N) is 4. The number of hydrogen-bond acceptors (Lipinski definition) is 4. The first-order valence-electron chi connectivity index (χ1n) is 9.83. The molecule has 1 amide bonds. The summed E-state index contributed by atoms with van der Waals surface area (Å²) in [5, 5.41) is 0. The Hall–Kier alpha value is -1.92. The number of rotatable bonds is 4. The SMILES string of the molecule is O=C(Cn1c(CN2CCOCC2)nc2ccccc21)N1CCCCCC1. The van der Waals surface area contributed by atoms with Crippen LogP contribution in [0.25, 0.3) is 11.0 Å². The average molecular weight is 356 g/mol. The van der Waals surface area contributed by atoms with Crippen molar-refractivity contribution in [2.24, 2.45) is 0 Å². The van der Waals surface area contributed by atoms with Gasteiger partial charge in [-0.2, -0.15) is 0 Å². The third-order valence-corrected chi connectivity index (χ3v) is 5.45. The molecule has 1 aromatic heterocycles. The normalized spacial score (nSPS) is 19.6. The van der Waals surface area contributed by atoms with Gasteiger partial charge in [0.2, 0.25) is 5.91 Å². The van der Waals surface area contributed by atoms with Gasteiger partial charge in [0.15, 0.2) is 0 Å². The van der Waals surface area contributed by atoms with E-state index in [4.69, 9.17) is 9.72 Å². The molecule has 0 spiro atoms. The van der Waals surface area contributed by atoms with Gasteiger partial charge in [0.1, 0.15) is 12.4 Å². The fourth-order valence-electron chi connectivity index (χ4n) is 3.94. The van der Waals surface area contributed by atoms with E-state index < -0.39 is 0 Å². The zero-order chi connectivity index (χ0) is 17.8. The van der Waals surface area contributed by atoms with Crippen molar-refractivity contribution in [3.63, 3.8) is 0 Å². The number of carbonyl (C=O) groups excluding carboxylic acids is 1. The second kappa shape index (κ2) is 8.18. The van der Waals surface area contributed by atoms with E-state index in [1.54, 1.807) is 0 Å². The van der Waals surface area contributed by atoms with E-state index in [0.717, 1.165) is 75.6 Å². The van der Waals surface area contributed by atoms with Crippen molar-refractivity contribution in [1.82, 2.24) is 19.4 Å². The number of fused-ring (bicyclic) bond motifs is 1. The Morgan fingerprint density at radius 2 is 1.73 bits per heavy atom. The average Bonchev–Trinajstić information content (AvgIpc) is 2.85. The molecule has 0 bridgehead atoms. The van der Waals surface area contributed by atoms with Gasteiger partial charge in [-0.05, 0) is 25.0 Å². The molecule has 4 rings (SSSR count). The molecule has 140 valence electrons. The van der Waals surface area contributed by atoms with Gasteiger partial charge in [-0.15, -0.1) is 0 Å². The molecule has 2 saturated heterocycles. The first kappa shape index (κ1) is 17.5. The van der Waals surface area contributed by atoms with Crippen LogP contribution in [0.3, 0.4) is 0 Å². The van der Waals surface area contributed by atoms with Crippen molar-refractivity contribution in [2.75, 3.05) is 39.4 Å². The molecule has 26 heavy (non-hydrogen) atoms. The number of likely N-dealkylation sites (tertiary alicyclic amines) is 1. The van der Waals surface area contributed by atoms with Gasteiger partial charge in [-0.25, -0.2) is 4.98 Å². The van der Waals surface area contributed by atoms with E-state index in [9.17, 15) is 4.79 Å². The molecule has 2 aliphatic heterocycles. The first-order chi connectivity index (χ1) is 12.8. The van der Waals surface area contributed by atoms with Gasteiger partial charge in [0.25, 0.3) is 0 Å². The number of morpholine rings is 1. The highest BCUT2D eigenvalue weighted by molar-refractivity contribution is 5.81. The van der Waals surface area contributed by atoms with E-state index in [2.05, 4.69) is 15.5 Å². The lowest BCUT2D eigenvalue weighted by Gasteiger charge is -2.27. The summed E-state index contributed by atoms with van der Waals surface area (Å²) < 4.78 is 7.58. The highest BCUT2D eigenvalue weighted by atomic mass is 16.5. The summed E-state index contributed by atoms with van der Waals surface area (Å²) in [5.41, 5.74) is 2.03. The molecule has 1 aromatic carbocycles. The van der Waals surface area contributed by atoms with Crippen molar-refractivity contribution >= 4 is 16.9 Å². The predicted molar refractivity (Wildman–Crippen MR) is 101 cm³/mol. The number of amides is 1. The number of benzene rings is 1. The molecular weight excluding hydrogens is 328 g/mol. The second-order valence-corrected chi connectivity index (χ2v) is 7.29. The van der Waals surface area contributed by atoms with Crippen molar-refractivity contribution in [1.29, 1.82) is 0 Å². The molecule has 0 radical (unpaired) electrons. The van der Waals surface area contributed by atoms with E-state index in [-0.39, 0.29) is 5.91 Å². The maximum absolute atomic E-state index is 13.0. The van der Waals surface area contributed by atoms with Crippen LogP contribution in [0.2, 0.25) is 0 Å². The molecule has 2 aromatic rings. The minimum atomic E-state index is 0.221. The van der Waals surface area contributed by atoms with Crippen molar-refractivity contribution in [2.45, 2.75) is 38.8 Å². The van der Waals surface area contributed by atoms with Crippen LogP contribution < -0.4 is 0 Å². The van der Waals surface area contributed by atoms with Gasteiger partial charge in [0.05, 0.1) is 30.8 Å². The maximum atomic E-state index is 13.0. The summed E-state index contributed by atoms with van der Waals surface area (Å²) in [6, 6.07) is 8.14. The molecular formula is C20H28N4O2. The summed E-state index contributed by atoms with van der Waals surface area (Å²) in [7, 11) is 0. The first-order valence-corrected chi connectivity index (χ1v) is 9.83.